The fraction of sp³-hybridized carbons (Fsp3) is 0.400. The van der Waals surface area contributed by atoms with Gasteiger partial charge in [0.2, 0.25) is 5.91 Å². The molecule has 12 heteroatoms. The molecule has 1 fully saturated rings. The van der Waals surface area contributed by atoms with Crippen molar-refractivity contribution in [2.45, 2.75) is 31.7 Å². The molecule has 0 radical (unpaired) electrons. The van der Waals surface area contributed by atoms with E-state index in [2.05, 4.69) is 30.5 Å². The maximum atomic E-state index is 12.7. The Kier molecular flexibility index (Phi) is 9.67. The first-order chi connectivity index (χ1) is 20.4. The molecule has 42 heavy (non-hydrogen) atoms. The number of hydrogen-bond donors (Lipinski definition) is 3. The molecule has 1 amide bonds. The molecule has 0 unspecified atom stereocenters. The molecule has 0 saturated carbocycles. The zero-order valence-corrected chi connectivity index (χ0v) is 25.0. The summed E-state index contributed by atoms with van der Waals surface area (Å²) in [5.74, 6) is 1.68. The van der Waals surface area contributed by atoms with E-state index in [1.165, 1.54) is 17.7 Å². The second kappa shape index (κ2) is 13.8. The van der Waals surface area contributed by atoms with E-state index >= 15 is 0 Å². The molecule has 11 nitrogen and oxygen atoms in total. The molecule has 1 atom stereocenters. The number of aliphatic hydroxyl groups excluding tert-OH is 1. The summed E-state index contributed by atoms with van der Waals surface area (Å²) in [5, 5.41) is 17.1. The molecule has 2 aromatic heterocycles. The van der Waals surface area contributed by atoms with Crippen molar-refractivity contribution in [3.05, 3.63) is 53.8 Å². The first kappa shape index (κ1) is 29.5. The minimum Gasteiger partial charge on any atom is -0.493 e. The van der Waals surface area contributed by atoms with Crippen molar-refractivity contribution in [1.29, 1.82) is 0 Å². The Morgan fingerprint density at radius 1 is 1.19 bits per heavy atom. The van der Waals surface area contributed by atoms with Gasteiger partial charge < -0.3 is 30.1 Å². The molecule has 2 aromatic carbocycles. The molecule has 0 aliphatic carbocycles. The zero-order valence-electron chi connectivity index (χ0n) is 24.2. The van der Waals surface area contributed by atoms with Crippen molar-refractivity contribution in [3.63, 3.8) is 0 Å². The third-order valence-corrected chi connectivity index (χ3v) is 8.15. The molecule has 4 aromatic rings. The number of nitrogens with one attached hydrogen (secondary N) is 2. The van der Waals surface area contributed by atoms with Gasteiger partial charge in [-0.15, -0.1) is 11.3 Å². The lowest BCUT2D eigenvalue weighted by atomic mass is 10.2. The van der Waals surface area contributed by atoms with Crippen LogP contribution in [-0.2, 0) is 11.2 Å². The van der Waals surface area contributed by atoms with Crippen molar-refractivity contribution in [2.24, 2.45) is 0 Å². The van der Waals surface area contributed by atoms with Crippen LogP contribution in [0.15, 0.2) is 48.9 Å². The van der Waals surface area contributed by atoms with Gasteiger partial charge in [0.05, 0.1) is 32.3 Å². The normalized spacial score (nSPS) is 15.1. The number of benzene rings is 2. The van der Waals surface area contributed by atoms with Crippen molar-refractivity contribution in [3.8, 4) is 11.5 Å². The number of carbonyl (C=O) groups is 1. The molecule has 5 rings (SSSR count). The smallest absolute Gasteiger partial charge is 0.229 e. The SMILES string of the molecule is COc1cc2c(Nc3ncc(CC(=O)Nc4cccc(N(C)C)c4)s3)ncnc2cc1OCCCN1CCC[C@H]1CO. The minimum atomic E-state index is -0.112. The van der Waals surface area contributed by atoms with E-state index in [1.54, 1.807) is 13.3 Å². The van der Waals surface area contributed by atoms with Gasteiger partial charge >= 0.3 is 0 Å². The monoisotopic (exact) mass is 591 g/mol. The van der Waals surface area contributed by atoms with Gasteiger partial charge in [0.25, 0.3) is 0 Å². The number of fused-ring (bicyclic) bond motifs is 1. The number of hydrogen-bond acceptors (Lipinski definition) is 11. The van der Waals surface area contributed by atoms with Gasteiger partial charge in [-0.05, 0) is 50.1 Å². The van der Waals surface area contributed by atoms with E-state index in [-0.39, 0.29) is 25.0 Å². The van der Waals surface area contributed by atoms with Gasteiger partial charge in [0.15, 0.2) is 16.6 Å². The first-order valence-corrected chi connectivity index (χ1v) is 14.8. The lowest BCUT2D eigenvalue weighted by Crippen LogP contribution is -2.33. The molecule has 222 valence electrons. The van der Waals surface area contributed by atoms with Gasteiger partial charge in [0.1, 0.15) is 12.1 Å². The predicted molar refractivity (Wildman–Crippen MR) is 166 cm³/mol. The van der Waals surface area contributed by atoms with Gasteiger partial charge in [-0.3, -0.25) is 9.69 Å². The largest absolute Gasteiger partial charge is 0.493 e. The highest BCUT2D eigenvalue weighted by Crippen LogP contribution is 2.35. The fourth-order valence-electron chi connectivity index (χ4n) is 5.06. The van der Waals surface area contributed by atoms with Crippen LogP contribution in [0.5, 0.6) is 11.5 Å². The van der Waals surface area contributed by atoms with Crippen LogP contribution in [0, 0.1) is 0 Å². The highest BCUT2D eigenvalue weighted by Gasteiger charge is 2.23. The number of aliphatic hydroxyl groups is 1. The second-order valence-electron chi connectivity index (χ2n) is 10.4. The van der Waals surface area contributed by atoms with Crippen LogP contribution >= 0.6 is 11.3 Å². The van der Waals surface area contributed by atoms with Gasteiger partial charge in [-0.1, -0.05) is 6.07 Å². The van der Waals surface area contributed by atoms with Crippen LogP contribution < -0.4 is 25.0 Å². The lowest BCUT2D eigenvalue weighted by Gasteiger charge is -2.22. The summed E-state index contributed by atoms with van der Waals surface area (Å²) in [6, 6.07) is 11.7. The summed E-state index contributed by atoms with van der Waals surface area (Å²) >= 11 is 1.39. The number of nitrogens with zero attached hydrogens (tertiary/aromatic N) is 5. The number of likely N-dealkylation sites (tertiary alicyclic amines) is 1. The first-order valence-electron chi connectivity index (χ1n) is 14.0. The molecule has 0 spiro atoms. The second-order valence-corrected chi connectivity index (χ2v) is 11.5. The van der Waals surface area contributed by atoms with Crippen LogP contribution in [0.4, 0.5) is 22.3 Å². The summed E-state index contributed by atoms with van der Waals surface area (Å²) in [4.78, 5) is 31.1. The number of carbonyl (C=O) groups excluding carboxylic acids is 1. The molecule has 3 heterocycles. The maximum absolute atomic E-state index is 12.7. The summed E-state index contributed by atoms with van der Waals surface area (Å²) in [6.45, 7) is 2.65. The van der Waals surface area contributed by atoms with Gasteiger partial charge in [-0.25, -0.2) is 15.0 Å². The number of methoxy groups -OCH3 is 1. The number of anilines is 4. The summed E-state index contributed by atoms with van der Waals surface area (Å²) in [7, 11) is 5.53. The molecule has 0 bridgehead atoms. The van der Waals surface area contributed by atoms with Crippen LogP contribution in [-0.4, -0.2) is 84.4 Å². The highest BCUT2D eigenvalue weighted by atomic mass is 32.1. The standard InChI is InChI=1S/C30H37N7O4S/c1-36(2)21-8-4-7-20(13-21)34-28(39)14-23-17-31-30(42-23)35-29-24-15-26(40-3)27(16-25(24)32-19-33-29)41-12-6-11-37-10-5-9-22(37)18-38/h4,7-8,13,15-17,19,22,38H,5-6,9-12,14,18H2,1-3H3,(H,34,39)(H,31,32,33,35)/t22-/m0/s1. The molecule has 1 aliphatic rings. The molecule has 3 N–H and O–H groups in total. The van der Waals surface area contributed by atoms with E-state index in [0.29, 0.717) is 34.6 Å². The zero-order chi connectivity index (χ0) is 29.5. The summed E-state index contributed by atoms with van der Waals surface area (Å²) in [6.07, 6.45) is 6.43. The number of rotatable bonds is 13. The number of amides is 1. The summed E-state index contributed by atoms with van der Waals surface area (Å²) < 4.78 is 11.7. The Bertz CT molecular complexity index is 1510. The minimum absolute atomic E-state index is 0.112. The van der Waals surface area contributed by atoms with Crippen molar-refractivity contribution in [1.82, 2.24) is 19.9 Å². The van der Waals surface area contributed by atoms with E-state index in [1.807, 2.05) is 55.4 Å². The topological polar surface area (TPSA) is 125 Å². The van der Waals surface area contributed by atoms with E-state index in [0.717, 1.165) is 54.0 Å². The average molecular weight is 592 g/mol. The van der Waals surface area contributed by atoms with Gasteiger partial charge in [-0.2, -0.15) is 0 Å². The third-order valence-electron chi connectivity index (χ3n) is 7.24. The van der Waals surface area contributed by atoms with E-state index in [4.69, 9.17) is 9.47 Å². The number of aromatic nitrogens is 3. The van der Waals surface area contributed by atoms with Crippen molar-refractivity contribution < 1.29 is 19.4 Å². The number of ether oxygens (including phenoxy) is 2. The van der Waals surface area contributed by atoms with Crippen LogP contribution in [0.2, 0.25) is 0 Å². The molecular weight excluding hydrogens is 554 g/mol. The van der Waals surface area contributed by atoms with Gasteiger partial charge in [0, 0.05) is 60.6 Å². The Morgan fingerprint density at radius 3 is 2.88 bits per heavy atom. The van der Waals surface area contributed by atoms with Crippen LogP contribution in [0.1, 0.15) is 24.1 Å². The fourth-order valence-corrected chi connectivity index (χ4v) is 5.87. The molecule has 1 saturated heterocycles. The van der Waals surface area contributed by atoms with Crippen molar-refractivity contribution >= 4 is 50.5 Å². The van der Waals surface area contributed by atoms with Crippen LogP contribution in [0.25, 0.3) is 10.9 Å². The van der Waals surface area contributed by atoms with Crippen LogP contribution in [0.3, 0.4) is 0 Å². The van der Waals surface area contributed by atoms with E-state index < -0.39 is 0 Å². The van der Waals surface area contributed by atoms with E-state index in [9.17, 15) is 9.90 Å². The average Bonchev–Trinajstić information content (AvgIpc) is 3.64. The number of thiazole rings is 1. The quantitative estimate of drug-likeness (QED) is 0.194. The molecular formula is C30H37N7O4S. The maximum Gasteiger partial charge on any atom is 0.229 e. The summed E-state index contributed by atoms with van der Waals surface area (Å²) in [5.41, 5.74) is 2.47. The third kappa shape index (κ3) is 7.25. The lowest BCUT2D eigenvalue weighted by molar-refractivity contribution is -0.115. The Balaban J connectivity index is 1.21. The Labute approximate surface area is 249 Å². The predicted octanol–water partition coefficient (Wildman–Crippen LogP) is 4.31. The highest BCUT2D eigenvalue weighted by molar-refractivity contribution is 7.15. The Hall–Kier alpha value is -4.00. The Morgan fingerprint density at radius 2 is 2.07 bits per heavy atom. The molecule has 1 aliphatic heterocycles. The van der Waals surface area contributed by atoms with Crippen molar-refractivity contribution in [2.75, 3.05) is 63.0 Å².